The Kier molecular flexibility index (Phi) is 7.26. The van der Waals surface area contributed by atoms with Crippen LogP contribution in [0.25, 0.3) is 21.3 Å². The molecule has 2 aliphatic heterocycles. The molecule has 0 unspecified atom stereocenters. The summed E-state index contributed by atoms with van der Waals surface area (Å²) in [6, 6.07) is 6.07. The van der Waals surface area contributed by atoms with E-state index < -0.39 is 23.6 Å². The number of hydrogen-bond acceptors (Lipinski definition) is 7. The lowest BCUT2D eigenvalue weighted by molar-refractivity contribution is 0.0432. The zero-order valence-electron chi connectivity index (χ0n) is 22.5. The molecule has 1 fully saturated rings. The third kappa shape index (κ3) is 5.37. The van der Waals surface area contributed by atoms with E-state index in [2.05, 4.69) is 10.3 Å². The summed E-state index contributed by atoms with van der Waals surface area (Å²) in [6.45, 7) is 6.59. The number of hydrogen-bond donors (Lipinski definition) is 2. The fourth-order valence-corrected chi connectivity index (χ4v) is 6.20. The second kappa shape index (κ2) is 10.4. The number of carbonyl (C=O) groups excluding carboxylic acids is 2. The topological polar surface area (TPSA) is 115 Å². The number of ether oxygens (including phenoxy) is 1. The van der Waals surface area contributed by atoms with Gasteiger partial charge < -0.3 is 24.5 Å². The van der Waals surface area contributed by atoms with Gasteiger partial charge in [-0.3, -0.25) is 10.1 Å². The molecule has 1 aromatic heterocycles. The van der Waals surface area contributed by atoms with Gasteiger partial charge in [-0.1, -0.05) is 22.9 Å². The zero-order valence-corrected chi connectivity index (χ0v) is 24.0. The first-order chi connectivity index (χ1) is 18.8. The van der Waals surface area contributed by atoms with Gasteiger partial charge in [0, 0.05) is 55.1 Å². The predicted molar refractivity (Wildman–Crippen MR) is 152 cm³/mol. The van der Waals surface area contributed by atoms with Crippen molar-refractivity contribution in [2.75, 3.05) is 43.4 Å². The van der Waals surface area contributed by atoms with Gasteiger partial charge in [-0.2, -0.15) is 0 Å². The van der Waals surface area contributed by atoms with E-state index >= 15 is 0 Å². The van der Waals surface area contributed by atoms with Gasteiger partial charge in [0.15, 0.2) is 5.13 Å². The summed E-state index contributed by atoms with van der Waals surface area (Å²) < 4.78 is 20.4. The van der Waals surface area contributed by atoms with Crippen LogP contribution in [0.1, 0.15) is 37.6 Å². The van der Waals surface area contributed by atoms with Crippen molar-refractivity contribution >= 4 is 62.1 Å². The van der Waals surface area contributed by atoms with Crippen molar-refractivity contribution in [1.29, 1.82) is 0 Å². The van der Waals surface area contributed by atoms with Crippen LogP contribution in [0, 0.1) is 5.82 Å². The lowest BCUT2D eigenvalue weighted by Crippen LogP contribution is -2.57. The number of fused-ring (bicyclic) bond motifs is 3. The molecule has 3 heterocycles. The van der Waals surface area contributed by atoms with Crippen molar-refractivity contribution in [3.05, 3.63) is 40.7 Å². The minimum atomic E-state index is -0.993. The molecule has 0 aliphatic carbocycles. The van der Waals surface area contributed by atoms with Crippen molar-refractivity contribution in [1.82, 2.24) is 14.8 Å². The van der Waals surface area contributed by atoms with Crippen LogP contribution in [0.3, 0.4) is 0 Å². The van der Waals surface area contributed by atoms with Gasteiger partial charge >= 0.3 is 12.2 Å². The number of aromatic nitrogens is 1. The van der Waals surface area contributed by atoms with Crippen LogP contribution in [0.4, 0.5) is 24.8 Å². The van der Waals surface area contributed by atoms with Crippen LogP contribution in [-0.4, -0.2) is 82.9 Å². The second-order valence-corrected chi connectivity index (χ2v) is 12.3. The van der Waals surface area contributed by atoms with Crippen LogP contribution in [0.5, 0.6) is 0 Å². The number of amides is 3. The van der Waals surface area contributed by atoms with Gasteiger partial charge in [-0.05, 0) is 51.5 Å². The van der Waals surface area contributed by atoms with Gasteiger partial charge in [0.2, 0.25) is 0 Å². The molecule has 212 valence electrons. The second-order valence-electron chi connectivity index (χ2n) is 10.9. The van der Waals surface area contributed by atoms with Crippen LogP contribution in [0.15, 0.2) is 24.3 Å². The van der Waals surface area contributed by atoms with Crippen LogP contribution < -0.4 is 10.2 Å². The van der Waals surface area contributed by atoms with E-state index in [1.165, 1.54) is 11.0 Å². The molecule has 13 heteroatoms. The van der Waals surface area contributed by atoms with Gasteiger partial charge in [-0.15, -0.1) is 0 Å². The molecule has 2 N–H and O–H groups in total. The Hall–Kier alpha value is -3.64. The molecular weight excluding hydrogens is 561 g/mol. The van der Waals surface area contributed by atoms with E-state index in [4.69, 9.17) is 16.3 Å². The summed E-state index contributed by atoms with van der Waals surface area (Å²) in [5.74, 6) is -0.707. The minimum absolute atomic E-state index is 0.178. The molecule has 1 atom stereocenters. The molecule has 0 radical (unpaired) electrons. The fourth-order valence-electron chi connectivity index (χ4n) is 5.05. The highest BCUT2D eigenvalue weighted by molar-refractivity contribution is 7.22. The van der Waals surface area contributed by atoms with Crippen molar-refractivity contribution in [2.45, 2.75) is 38.8 Å². The highest BCUT2D eigenvalue weighted by Gasteiger charge is 2.36. The standard InChI is InChI=1S/C27H29ClFN5O5S/c1-27(2,3)39-25(36)31-24-30-21-15(5-6-19(29)22(21)40-24)16-12-20-17(11-18(16)28)23(35)34-10-9-33(26(37)38)13-14(34)7-8-32(20)4/h5-6,11-12,14H,7-10,13H2,1-4H3,(H,37,38)(H,30,31,36)/t14-/m0/s1. The number of nitrogens with one attached hydrogen (secondary N) is 1. The normalized spacial score (nSPS) is 17.7. The molecule has 1 saturated heterocycles. The SMILES string of the molecule is CN1CC[C@H]2CN(C(=O)O)CCN2C(=O)c2cc(Cl)c(-c3ccc(F)c4sc(NC(=O)OC(C)(C)C)nc34)cc21. The molecular formula is C27H29ClFN5O5S. The summed E-state index contributed by atoms with van der Waals surface area (Å²) in [5.41, 5.74) is 1.79. The molecule has 2 aromatic carbocycles. The van der Waals surface area contributed by atoms with Gasteiger partial charge in [0.25, 0.3) is 5.91 Å². The highest BCUT2D eigenvalue weighted by Crippen LogP contribution is 2.41. The molecule has 3 aromatic rings. The number of anilines is 2. The maximum absolute atomic E-state index is 14.8. The average Bonchev–Trinajstić information content (AvgIpc) is 3.29. The lowest BCUT2D eigenvalue weighted by Gasteiger charge is -2.43. The Morgan fingerprint density at radius 2 is 1.93 bits per heavy atom. The number of rotatable bonds is 2. The Balaban J connectivity index is 1.53. The fraction of sp³-hybridized carbons (Fsp3) is 0.407. The molecule has 40 heavy (non-hydrogen) atoms. The van der Waals surface area contributed by atoms with Crippen LogP contribution in [0.2, 0.25) is 5.02 Å². The predicted octanol–water partition coefficient (Wildman–Crippen LogP) is 5.75. The van der Waals surface area contributed by atoms with Crippen molar-refractivity contribution in [2.24, 2.45) is 0 Å². The molecule has 2 aliphatic rings. The monoisotopic (exact) mass is 589 g/mol. The van der Waals surface area contributed by atoms with E-state index in [0.29, 0.717) is 47.4 Å². The van der Waals surface area contributed by atoms with Crippen molar-refractivity contribution in [3.8, 4) is 11.1 Å². The van der Waals surface area contributed by atoms with Gasteiger partial charge in [0.1, 0.15) is 11.4 Å². The summed E-state index contributed by atoms with van der Waals surface area (Å²) in [7, 11) is 1.86. The number of benzene rings is 2. The van der Waals surface area contributed by atoms with Crippen molar-refractivity contribution < 1.29 is 28.6 Å². The summed E-state index contributed by atoms with van der Waals surface area (Å²) in [6.07, 6.45) is -1.10. The lowest BCUT2D eigenvalue weighted by atomic mass is 9.97. The number of halogens is 2. The molecule has 0 spiro atoms. The Bertz CT molecular complexity index is 1520. The molecule has 0 bridgehead atoms. The maximum Gasteiger partial charge on any atom is 0.413 e. The first kappa shape index (κ1) is 27.9. The number of piperazine rings is 1. The number of nitrogens with zero attached hydrogens (tertiary/aromatic N) is 4. The van der Waals surface area contributed by atoms with E-state index in [1.54, 1.807) is 43.9 Å². The third-order valence-electron chi connectivity index (χ3n) is 6.93. The zero-order chi connectivity index (χ0) is 28.9. The molecule has 0 saturated carbocycles. The number of carbonyl (C=O) groups is 3. The average molecular weight is 590 g/mol. The first-order valence-electron chi connectivity index (χ1n) is 12.8. The van der Waals surface area contributed by atoms with E-state index in [1.807, 2.05) is 11.9 Å². The summed E-state index contributed by atoms with van der Waals surface area (Å²) >= 11 is 7.75. The van der Waals surface area contributed by atoms with Gasteiger partial charge in [0.05, 0.1) is 21.8 Å². The first-order valence-corrected chi connectivity index (χ1v) is 13.9. The Morgan fingerprint density at radius 3 is 2.62 bits per heavy atom. The van der Waals surface area contributed by atoms with E-state index in [9.17, 15) is 23.9 Å². The number of carboxylic acid groups (broad SMARTS) is 1. The highest BCUT2D eigenvalue weighted by atomic mass is 35.5. The van der Waals surface area contributed by atoms with Crippen LogP contribution >= 0.6 is 22.9 Å². The molecule has 5 rings (SSSR count). The third-order valence-corrected chi connectivity index (χ3v) is 8.22. The van der Waals surface area contributed by atoms with Crippen molar-refractivity contribution in [3.63, 3.8) is 0 Å². The largest absolute Gasteiger partial charge is 0.465 e. The number of thiazole rings is 1. The van der Waals surface area contributed by atoms with Gasteiger partial charge in [-0.25, -0.2) is 19.0 Å². The summed E-state index contributed by atoms with van der Waals surface area (Å²) in [5, 5.41) is 12.5. The smallest absolute Gasteiger partial charge is 0.413 e. The quantitative estimate of drug-likeness (QED) is 0.391. The maximum atomic E-state index is 14.8. The Morgan fingerprint density at radius 1 is 1.18 bits per heavy atom. The molecule has 10 nitrogen and oxygen atoms in total. The Labute approximate surface area is 239 Å². The molecule has 3 amide bonds. The van der Waals surface area contributed by atoms with Crippen LogP contribution in [-0.2, 0) is 4.74 Å². The minimum Gasteiger partial charge on any atom is -0.465 e. The van der Waals surface area contributed by atoms with E-state index in [-0.39, 0.29) is 39.9 Å². The van der Waals surface area contributed by atoms with E-state index in [0.717, 1.165) is 11.3 Å². The summed E-state index contributed by atoms with van der Waals surface area (Å²) in [4.78, 5) is 47.0.